The Kier molecular flexibility index (Phi) is 4.10. The fraction of sp³-hybridized carbons (Fsp3) is 0.118. The van der Waals surface area contributed by atoms with Crippen LogP contribution in [0.1, 0.15) is 11.8 Å². The number of aromatic nitrogens is 3. The summed E-state index contributed by atoms with van der Waals surface area (Å²) in [4.78, 5) is 4.44. The average molecular weight is 373 g/mol. The number of thioether (sulfide) groups is 1. The number of anilines is 1. The van der Waals surface area contributed by atoms with Crippen molar-refractivity contribution in [1.29, 1.82) is 0 Å². The molecule has 8 heteroatoms. The molecule has 0 bridgehead atoms. The van der Waals surface area contributed by atoms with E-state index in [1.807, 2.05) is 30.5 Å². The van der Waals surface area contributed by atoms with E-state index >= 15 is 0 Å². The molecule has 1 atom stereocenters. The summed E-state index contributed by atoms with van der Waals surface area (Å²) in [7, 11) is 0. The summed E-state index contributed by atoms with van der Waals surface area (Å²) < 4.78 is 6.07. The SMILES string of the molecule is CSc1nnc2c(n1)O[C@H](c1cc(O)ccc1Cl)Nc1ccccc1-2. The van der Waals surface area contributed by atoms with Gasteiger partial charge in [-0.1, -0.05) is 41.6 Å². The van der Waals surface area contributed by atoms with Crippen LogP contribution in [0.3, 0.4) is 0 Å². The molecule has 4 rings (SSSR count). The zero-order valence-electron chi connectivity index (χ0n) is 13.1. The van der Waals surface area contributed by atoms with Gasteiger partial charge < -0.3 is 15.2 Å². The summed E-state index contributed by atoms with van der Waals surface area (Å²) in [6, 6.07) is 12.4. The molecule has 0 saturated heterocycles. The van der Waals surface area contributed by atoms with Gasteiger partial charge in [0.25, 0.3) is 0 Å². The number of aromatic hydroxyl groups is 1. The number of nitrogens with zero attached hydrogens (tertiary/aromatic N) is 3. The summed E-state index contributed by atoms with van der Waals surface area (Å²) in [5, 5.41) is 22.5. The highest BCUT2D eigenvalue weighted by Crippen LogP contribution is 2.40. The van der Waals surface area contributed by atoms with Crippen LogP contribution >= 0.6 is 23.4 Å². The molecule has 0 spiro atoms. The van der Waals surface area contributed by atoms with Crippen molar-refractivity contribution >= 4 is 29.1 Å². The number of benzene rings is 2. The predicted molar refractivity (Wildman–Crippen MR) is 97.2 cm³/mol. The van der Waals surface area contributed by atoms with E-state index in [9.17, 15) is 5.11 Å². The molecule has 0 saturated carbocycles. The minimum absolute atomic E-state index is 0.105. The van der Waals surface area contributed by atoms with Crippen LogP contribution in [-0.2, 0) is 0 Å². The van der Waals surface area contributed by atoms with Crippen molar-refractivity contribution in [3.05, 3.63) is 53.1 Å². The molecule has 1 aliphatic rings. The molecule has 2 N–H and O–H groups in total. The van der Waals surface area contributed by atoms with E-state index in [1.165, 1.54) is 17.8 Å². The zero-order chi connectivity index (χ0) is 17.4. The van der Waals surface area contributed by atoms with E-state index in [-0.39, 0.29) is 5.75 Å². The van der Waals surface area contributed by atoms with Gasteiger partial charge in [-0.25, -0.2) is 0 Å². The van der Waals surface area contributed by atoms with Crippen LogP contribution in [-0.4, -0.2) is 26.5 Å². The Hall–Kier alpha value is -2.51. The molecule has 126 valence electrons. The molecular formula is C17H13ClN4O2S. The Balaban J connectivity index is 1.89. The number of hydrogen-bond acceptors (Lipinski definition) is 7. The maximum atomic E-state index is 9.83. The zero-order valence-corrected chi connectivity index (χ0v) is 14.7. The number of halogens is 1. The second kappa shape index (κ2) is 6.42. The third-order valence-corrected chi connectivity index (χ3v) is 4.66. The molecular weight excluding hydrogens is 360 g/mol. The highest BCUT2D eigenvalue weighted by atomic mass is 35.5. The monoisotopic (exact) mass is 372 g/mol. The first-order chi connectivity index (χ1) is 12.2. The molecule has 1 aromatic heterocycles. The van der Waals surface area contributed by atoms with Gasteiger partial charge in [-0.05, 0) is 30.5 Å². The lowest BCUT2D eigenvalue weighted by atomic mass is 10.1. The molecule has 0 radical (unpaired) electrons. The van der Waals surface area contributed by atoms with Crippen molar-refractivity contribution in [1.82, 2.24) is 15.2 Å². The highest BCUT2D eigenvalue weighted by Gasteiger charge is 2.27. The van der Waals surface area contributed by atoms with Gasteiger partial charge >= 0.3 is 0 Å². The van der Waals surface area contributed by atoms with Crippen molar-refractivity contribution < 1.29 is 9.84 Å². The third-order valence-electron chi connectivity index (χ3n) is 3.78. The maximum absolute atomic E-state index is 9.83. The minimum Gasteiger partial charge on any atom is -0.508 e. The lowest BCUT2D eigenvalue weighted by Gasteiger charge is -2.20. The van der Waals surface area contributed by atoms with E-state index in [4.69, 9.17) is 16.3 Å². The van der Waals surface area contributed by atoms with Crippen molar-refractivity contribution in [3.63, 3.8) is 0 Å². The van der Waals surface area contributed by atoms with Gasteiger partial charge in [-0.2, -0.15) is 4.98 Å². The molecule has 1 aliphatic heterocycles. The van der Waals surface area contributed by atoms with Gasteiger partial charge in [0, 0.05) is 21.8 Å². The van der Waals surface area contributed by atoms with Gasteiger partial charge in [0.2, 0.25) is 11.0 Å². The smallest absolute Gasteiger partial charge is 0.247 e. The van der Waals surface area contributed by atoms with Gasteiger partial charge in [-0.3, -0.25) is 0 Å². The van der Waals surface area contributed by atoms with Crippen molar-refractivity contribution in [2.45, 2.75) is 11.4 Å². The number of phenolic OH excluding ortho intramolecular Hbond substituents is 1. The number of ether oxygens (including phenoxy) is 1. The minimum atomic E-state index is -0.631. The summed E-state index contributed by atoms with van der Waals surface area (Å²) in [5.74, 6) is 0.467. The lowest BCUT2D eigenvalue weighted by molar-refractivity contribution is 0.225. The molecule has 25 heavy (non-hydrogen) atoms. The molecule has 0 fully saturated rings. The molecule has 0 aliphatic carbocycles. The summed E-state index contributed by atoms with van der Waals surface area (Å²) >= 11 is 7.69. The first-order valence-electron chi connectivity index (χ1n) is 7.45. The first-order valence-corrected chi connectivity index (χ1v) is 9.05. The van der Waals surface area contributed by atoms with Crippen LogP contribution in [0, 0.1) is 0 Å². The Morgan fingerprint density at radius 1 is 1.20 bits per heavy atom. The van der Waals surface area contributed by atoms with Crippen molar-refractivity contribution in [3.8, 4) is 22.9 Å². The van der Waals surface area contributed by atoms with E-state index in [1.54, 1.807) is 12.1 Å². The van der Waals surface area contributed by atoms with Gasteiger partial charge in [0.1, 0.15) is 5.75 Å². The molecule has 0 amide bonds. The fourth-order valence-electron chi connectivity index (χ4n) is 2.61. The molecule has 6 nitrogen and oxygen atoms in total. The van der Waals surface area contributed by atoms with Gasteiger partial charge in [0.15, 0.2) is 11.9 Å². The lowest BCUT2D eigenvalue weighted by Crippen LogP contribution is -2.17. The van der Waals surface area contributed by atoms with Crippen LogP contribution in [0.2, 0.25) is 5.02 Å². The number of hydrogen-bond donors (Lipinski definition) is 2. The van der Waals surface area contributed by atoms with E-state index < -0.39 is 6.23 Å². The van der Waals surface area contributed by atoms with Crippen LogP contribution in [0.15, 0.2) is 47.6 Å². The van der Waals surface area contributed by atoms with Crippen LogP contribution in [0.4, 0.5) is 5.69 Å². The predicted octanol–water partition coefficient (Wildman–Crippen LogP) is 4.12. The van der Waals surface area contributed by atoms with Crippen LogP contribution in [0.25, 0.3) is 11.3 Å². The van der Waals surface area contributed by atoms with Crippen molar-refractivity contribution in [2.24, 2.45) is 0 Å². The quantitative estimate of drug-likeness (QED) is 0.655. The van der Waals surface area contributed by atoms with Crippen LogP contribution in [0.5, 0.6) is 11.6 Å². The van der Waals surface area contributed by atoms with Gasteiger partial charge in [-0.15, -0.1) is 10.2 Å². The third kappa shape index (κ3) is 2.96. The number of fused-ring (bicyclic) bond motifs is 3. The van der Waals surface area contributed by atoms with E-state index in [0.29, 0.717) is 27.3 Å². The number of phenols is 1. The topological polar surface area (TPSA) is 80.2 Å². The molecule has 0 unspecified atom stereocenters. The Morgan fingerprint density at radius 2 is 2.04 bits per heavy atom. The number of para-hydroxylation sites is 1. The fourth-order valence-corrected chi connectivity index (χ4v) is 3.12. The van der Waals surface area contributed by atoms with E-state index in [2.05, 4.69) is 20.5 Å². The normalized spacial score (nSPS) is 15.4. The van der Waals surface area contributed by atoms with Crippen LogP contribution < -0.4 is 10.1 Å². The number of nitrogens with one attached hydrogen (secondary N) is 1. The Morgan fingerprint density at radius 3 is 2.88 bits per heavy atom. The largest absolute Gasteiger partial charge is 0.508 e. The molecule has 2 aromatic carbocycles. The van der Waals surface area contributed by atoms with Crippen molar-refractivity contribution in [2.75, 3.05) is 11.6 Å². The van der Waals surface area contributed by atoms with E-state index in [0.717, 1.165) is 11.3 Å². The number of rotatable bonds is 2. The standard InChI is InChI=1S/C17H13ClN4O2S/c1-25-17-20-16-14(21-22-17)10-4-2-3-5-13(10)19-15(24-16)11-8-9(23)6-7-12(11)18/h2-8,15,19,23H,1H3/t15-/m1/s1. The molecule has 2 heterocycles. The first kappa shape index (κ1) is 16.0. The Bertz CT molecular complexity index is 954. The Labute approximate surface area is 153 Å². The molecule has 3 aromatic rings. The average Bonchev–Trinajstić information content (AvgIpc) is 2.79. The second-order valence-electron chi connectivity index (χ2n) is 5.35. The highest BCUT2D eigenvalue weighted by molar-refractivity contribution is 7.98. The van der Waals surface area contributed by atoms with Gasteiger partial charge in [0.05, 0.1) is 0 Å². The summed E-state index contributed by atoms with van der Waals surface area (Å²) in [6.45, 7) is 0. The summed E-state index contributed by atoms with van der Waals surface area (Å²) in [5.41, 5.74) is 2.82. The maximum Gasteiger partial charge on any atom is 0.247 e. The second-order valence-corrected chi connectivity index (χ2v) is 6.53. The summed E-state index contributed by atoms with van der Waals surface area (Å²) in [6.07, 6.45) is 1.24.